The summed E-state index contributed by atoms with van der Waals surface area (Å²) in [6, 6.07) is 0. The molecule has 0 aromatic carbocycles. The summed E-state index contributed by atoms with van der Waals surface area (Å²) in [4.78, 5) is 37.8. The molecule has 0 saturated carbocycles. The molecule has 0 aliphatic carbocycles. The van der Waals surface area contributed by atoms with Crippen LogP contribution in [0.2, 0.25) is 0 Å². The Hall–Kier alpha value is -3.41. The van der Waals surface area contributed by atoms with E-state index in [1.54, 1.807) is 0 Å². The Bertz CT molecular complexity index is 1140. The van der Waals surface area contributed by atoms with Crippen molar-refractivity contribution in [3.05, 3.63) is 85.1 Å². The van der Waals surface area contributed by atoms with Crippen molar-refractivity contribution < 1.29 is 28.6 Å². The molecule has 0 aromatic rings. The van der Waals surface area contributed by atoms with Gasteiger partial charge in [0.1, 0.15) is 13.2 Å². The Morgan fingerprint density at radius 2 is 0.772 bits per heavy atom. The Kier molecular flexibility index (Phi) is 42.6. The maximum atomic E-state index is 12.7. The molecule has 0 saturated heterocycles. The van der Waals surface area contributed by atoms with Crippen LogP contribution in [0.3, 0.4) is 0 Å². The predicted molar refractivity (Wildman–Crippen MR) is 242 cm³/mol. The minimum absolute atomic E-state index is 0.106. The molecule has 0 N–H and O–H groups in total. The molecule has 57 heavy (non-hydrogen) atoms. The minimum atomic E-state index is -0.807. The molecule has 0 fully saturated rings. The maximum absolute atomic E-state index is 12.7. The first kappa shape index (κ1) is 53.6. The monoisotopic (exact) mass is 793 g/mol. The number of esters is 3. The summed E-state index contributed by atoms with van der Waals surface area (Å²) < 4.78 is 16.7. The first-order chi connectivity index (χ1) is 28.0. The fraction of sp³-hybridized carbons (Fsp3) is 0.667. The van der Waals surface area contributed by atoms with Gasteiger partial charge in [0.05, 0.1) is 0 Å². The van der Waals surface area contributed by atoms with Crippen LogP contribution in [-0.4, -0.2) is 37.2 Å². The second-order valence-corrected chi connectivity index (χ2v) is 15.0. The third-order valence-electron chi connectivity index (χ3n) is 9.46. The molecule has 0 amide bonds. The van der Waals surface area contributed by atoms with Crippen molar-refractivity contribution in [1.29, 1.82) is 0 Å². The quantitative estimate of drug-likeness (QED) is 0.0202. The SMILES string of the molecule is CC\C=C/C=C\C=C/C=C\CCCCCC(=O)OC(COC(=O)CCCCC/C=C\CCCCCCCCC)COC(=O)CCCCCCC/C=C\C/C=C\CC. The summed E-state index contributed by atoms with van der Waals surface area (Å²) in [5, 5.41) is 0. The number of carbonyl (C=O) groups excluding carboxylic acids is 3. The summed E-state index contributed by atoms with van der Waals surface area (Å²) in [5.74, 6) is -0.983. The molecular formula is C51H84O6. The van der Waals surface area contributed by atoms with Crippen molar-refractivity contribution >= 4 is 17.9 Å². The lowest BCUT2D eigenvalue weighted by molar-refractivity contribution is -0.167. The molecule has 324 valence electrons. The third-order valence-corrected chi connectivity index (χ3v) is 9.46. The van der Waals surface area contributed by atoms with Crippen LogP contribution in [0.4, 0.5) is 0 Å². The average molecular weight is 793 g/mol. The van der Waals surface area contributed by atoms with Crippen molar-refractivity contribution in [2.45, 2.75) is 207 Å². The van der Waals surface area contributed by atoms with Gasteiger partial charge in [-0.15, -0.1) is 0 Å². The zero-order chi connectivity index (χ0) is 41.5. The van der Waals surface area contributed by atoms with Gasteiger partial charge in [-0.1, -0.05) is 176 Å². The second-order valence-electron chi connectivity index (χ2n) is 15.0. The number of rotatable bonds is 40. The van der Waals surface area contributed by atoms with Crippen molar-refractivity contribution in [1.82, 2.24) is 0 Å². The summed E-state index contributed by atoms with van der Waals surface area (Å²) in [5.41, 5.74) is 0. The van der Waals surface area contributed by atoms with Crippen molar-refractivity contribution in [2.24, 2.45) is 0 Å². The first-order valence-corrected chi connectivity index (χ1v) is 23.1. The van der Waals surface area contributed by atoms with Gasteiger partial charge in [0.25, 0.3) is 0 Å². The summed E-state index contributed by atoms with van der Waals surface area (Å²) >= 11 is 0. The van der Waals surface area contributed by atoms with E-state index in [-0.39, 0.29) is 37.5 Å². The highest BCUT2D eigenvalue weighted by Crippen LogP contribution is 2.12. The summed E-state index contributed by atoms with van der Waals surface area (Å²) in [6.07, 6.45) is 57.1. The van der Waals surface area contributed by atoms with Gasteiger partial charge in [-0.2, -0.15) is 0 Å². The molecule has 0 heterocycles. The predicted octanol–water partition coefficient (Wildman–Crippen LogP) is 14.9. The third kappa shape index (κ3) is 43.6. The number of carbonyl (C=O) groups is 3. The number of hydrogen-bond donors (Lipinski definition) is 0. The fourth-order valence-electron chi connectivity index (χ4n) is 6.01. The smallest absolute Gasteiger partial charge is 0.306 e. The topological polar surface area (TPSA) is 78.9 Å². The molecule has 0 spiro atoms. The lowest BCUT2D eigenvalue weighted by Gasteiger charge is -2.18. The van der Waals surface area contributed by atoms with Gasteiger partial charge in [0.15, 0.2) is 6.10 Å². The van der Waals surface area contributed by atoms with Crippen LogP contribution in [-0.2, 0) is 28.6 Å². The fourth-order valence-corrected chi connectivity index (χ4v) is 6.01. The molecular weight excluding hydrogens is 709 g/mol. The lowest BCUT2D eigenvalue weighted by Crippen LogP contribution is -2.30. The zero-order valence-electron chi connectivity index (χ0n) is 36.8. The zero-order valence-corrected chi connectivity index (χ0v) is 36.8. The van der Waals surface area contributed by atoms with Crippen LogP contribution < -0.4 is 0 Å². The van der Waals surface area contributed by atoms with E-state index in [0.717, 1.165) is 109 Å². The number of allylic oxidation sites excluding steroid dienone is 14. The van der Waals surface area contributed by atoms with E-state index < -0.39 is 6.10 Å². The Labute approximate surface area is 350 Å². The number of unbranched alkanes of at least 4 members (excludes halogenated alkanes) is 18. The molecule has 0 aromatic heterocycles. The van der Waals surface area contributed by atoms with Gasteiger partial charge in [0.2, 0.25) is 0 Å². The largest absolute Gasteiger partial charge is 0.462 e. The van der Waals surface area contributed by atoms with E-state index in [9.17, 15) is 14.4 Å². The van der Waals surface area contributed by atoms with Gasteiger partial charge in [-0.3, -0.25) is 14.4 Å². The van der Waals surface area contributed by atoms with Gasteiger partial charge in [-0.25, -0.2) is 0 Å². The molecule has 0 bridgehead atoms. The van der Waals surface area contributed by atoms with Crippen LogP contribution >= 0.6 is 0 Å². The molecule has 0 radical (unpaired) electrons. The first-order valence-electron chi connectivity index (χ1n) is 23.1. The Morgan fingerprint density at radius 1 is 0.386 bits per heavy atom. The Morgan fingerprint density at radius 3 is 1.30 bits per heavy atom. The van der Waals surface area contributed by atoms with Crippen molar-refractivity contribution in [3.63, 3.8) is 0 Å². The van der Waals surface area contributed by atoms with Gasteiger partial charge >= 0.3 is 17.9 Å². The molecule has 1 atom stereocenters. The minimum Gasteiger partial charge on any atom is -0.462 e. The summed E-state index contributed by atoms with van der Waals surface area (Å²) in [7, 11) is 0. The van der Waals surface area contributed by atoms with Crippen LogP contribution in [0, 0.1) is 0 Å². The molecule has 6 heteroatoms. The molecule has 0 rings (SSSR count). The highest BCUT2D eigenvalue weighted by Gasteiger charge is 2.19. The second kappa shape index (κ2) is 45.3. The van der Waals surface area contributed by atoms with E-state index in [0.29, 0.717) is 19.3 Å². The van der Waals surface area contributed by atoms with Crippen LogP contribution in [0.25, 0.3) is 0 Å². The normalized spacial score (nSPS) is 12.8. The van der Waals surface area contributed by atoms with Crippen LogP contribution in [0.1, 0.15) is 201 Å². The summed E-state index contributed by atoms with van der Waals surface area (Å²) in [6.45, 7) is 6.30. The van der Waals surface area contributed by atoms with Crippen molar-refractivity contribution in [3.8, 4) is 0 Å². The van der Waals surface area contributed by atoms with E-state index in [1.807, 2.05) is 36.5 Å². The van der Waals surface area contributed by atoms with Gasteiger partial charge < -0.3 is 14.2 Å². The highest BCUT2D eigenvalue weighted by atomic mass is 16.6. The standard InChI is InChI=1S/C51H84O6/c1-4-7-10-13-16-19-22-25-27-29-32-35-38-41-44-50(53)56-47-48(46-55-49(52)43-40-37-34-31-28-24-21-18-15-12-9-6-3)57-51(54)45-42-39-36-33-30-26-23-20-17-14-11-8-5-2/h8-9,11-12,14,17-18,20-21,23,26-27,29-30,48H,4-7,10,13,15-16,19,22,24-25,28,31-47H2,1-3H3/b11-8-,12-9-,17-14-,21-18-,23-20-,29-27-,30-26-. The van der Waals surface area contributed by atoms with E-state index >= 15 is 0 Å². The van der Waals surface area contributed by atoms with E-state index in [1.165, 1.54) is 44.9 Å². The number of ether oxygens (including phenoxy) is 3. The maximum Gasteiger partial charge on any atom is 0.306 e. The van der Waals surface area contributed by atoms with Crippen LogP contribution in [0.5, 0.6) is 0 Å². The Balaban J connectivity index is 4.50. The van der Waals surface area contributed by atoms with Gasteiger partial charge in [-0.05, 0) is 89.9 Å². The lowest BCUT2D eigenvalue weighted by atomic mass is 10.1. The van der Waals surface area contributed by atoms with Gasteiger partial charge in [0, 0.05) is 19.3 Å². The van der Waals surface area contributed by atoms with E-state index in [2.05, 4.69) is 69.4 Å². The highest BCUT2D eigenvalue weighted by molar-refractivity contribution is 5.71. The van der Waals surface area contributed by atoms with Crippen molar-refractivity contribution in [2.75, 3.05) is 13.2 Å². The molecule has 1 unspecified atom stereocenters. The van der Waals surface area contributed by atoms with Crippen LogP contribution in [0.15, 0.2) is 85.1 Å². The average Bonchev–Trinajstić information content (AvgIpc) is 3.21. The molecule has 0 aliphatic heterocycles. The van der Waals surface area contributed by atoms with E-state index in [4.69, 9.17) is 14.2 Å². The molecule has 0 aliphatic rings. The number of hydrogen-bond acceptors (Lipinski definition) is 6. The molecule has 6 nitrogen and oxygen atoms in total.